The zero-order chi connectivity index (χ0) is 18.8. The van der Waals surface area contributed by atoms with Gasteiger partial charge in [-0.25, -0.2) is 0 Å². The maximum Gasteiger partial charge on any atom is 0.268 e. The van der Waals surface area contributed by atoms with Gasteiger partial charge in [0.2, 0.25) is 0 Å². The SMILES string of the molecule is O=P([O-])(O)O[C@@H]1[C@@H](OP(=O)([O-])OC2[C@@H](O)COC[C@@H]2O)COC[C@@H]1O. The molecule has 2 aliphatic heterocycles. The lowest BCUT2D eigenvalue weighted by Gasteiger charge is -2.41. The van der Waals surface area contributed by atoms with Gasteiger partial charge in [0, 0.05) is 0 Å². The third kappa shape index (κ3) is 6.29. The highest BCUT2D eigenvalue weighted by Crippen LogP contribution is 2.46. The van der Waals surface area contributed by atoms with Crippen molar-refractivity contribution in [3.05, 3.63) is 0 Å². The predicted octanol–water partition coefficient (Wildman–Crippen LogP) is -3.79. The molecular formula is C10H18O13P2-2. The number of aliphatic hydroxyl groups is 3. The van der Waals surface area contributed by atoms with Crippen molar-refractivity contribution < 1.29 is 62.2 Å². The molecule has 0 aromatic carbocycles. The molecule has 0 bridgehead atoms. The Morgan fingerprint density at radius 3 is 1.80 bits per heavy atom. The zero-order valence-corrected chi connectivity index (χ0v) is 14.4. The fourth-order valence-electron chi connectivity index (χ4n) is 2.36. The second-order valence-corrected chi connectivity index (χ2v) is 7.94. The third-order valence-electron chi connectivity index (χ3n) is 3.42. The first-order valence-electron chi connectivity index (χ1n) is 7.08. The summed E-state index contributed by atoms with van der Waals surface area (Å²) in [4.78, 5) is 31.6. The van der Waals surface area contributed by atoms with Crippen LogP contribution in [0, 0.1) is 0 Å². The molecule has 148 valence electrons. The van der Waals surface area contributed by atoms with E-state index in [0.29, 0.717) is 0 Å². The van der Waals surface area contributed by atoms with Crippen LogP contribution in [-0.2, 0) is 32.2 Å². The summed E-state index contributed by atoms with van der Waals surface area (Å²) in [5.74, 6) is 0. The van der Waals surface area contributed by atoms with E-state index < -0.39 is 58.9 Å². The molecule has 0 radical (unpaired) electrons. The molecule has 13 nitrogen and oxygen atoms in total. The number of phosphoric ester groups is 2. The Bertz CT molecular complexity index is 527. The van der Waals surface area contributed by atoms with E-state index in [0.717, 1.165) is 0 Å². The molecule has 2 aliphatic rings. The minimum atomic E-state index is -5.30. The predicted molar refractivity (Wildman–Crippen MR) is 71.7 cm³/mol. The van der Waals surface area contributed by atoms with Crippen molar-refractivity contribution in [3.8, 4) is 0 Å². The van der Waals surface area contributed by atoms with Gasteiger partial charge in [0.15, 0.2) is 0 Å². The van der Waals surface area contributed by atoms with E-state index >= 15 is 0 Å². The number of phosphoric acid groups is 2. The van der Waals surface area contributed by atoms with Crippen LogP contribution in [0.2, 0.25) is 0 Å². The number of aliphatic hydroxyl groups excluding tert-OH is 3. The fraction of sp³-hybridized carbons (Fsp3) is 1.00. The lowest BCUT2D eigenvalue weighted by molar-refractivity contribution is -0.265. The summed E-state index contributed by atoms with van der Waals surface area (Å²) in [6.07, 6.45) is -9.49. The number of hydrogen-bond donors (Lipinski definition) is 4. The van der Waals surface area contributed by atoms with Crippen molar-refractivity contribution in [1.82, 2.24) is 0 Å². The van der Waals surface area contributed by atoms with Gasteiger partial charge in [0.1, 0.15) is 36.6 Å². The van der Waals surface area contributed by atoms with E-state index in [4.69, 9.17) is 14.4 Å². The van der Waals surface area contributed by atoms with Gasteiger partial charge in [0.05, 0.1) is 26.4 Å². The number of hydrogen-bond acceptors (Lipinski definition) is 12. The second-order valence-electron chi connectivity index (χ2n) is 5.48. The van der Waals surface area contributed by atoms with Crippen LogP contribution in [0.3, 0.4) is 0 Å². The van der Waals surface area contributed by atoms with Crippen molar-refractivity contribution in [2.24, 2.45) is 0 Å². The van der Waals surface area contributed by atoms with Crippen molar-refractivity contribution in [2.75, 3.05) is 26.4 Å². The molecule has 0 spiro atoms. The molecule has 7 atom stereocenters. The van der Waals surface area contributed by atoms with Gasteiger partial charge in [0.25, 0.3) is 15.6 Å². The molecule has 25 heavy (non-hydrogen) atoms. The Hall–Kier alpha value is 0.0200. The van der Waals surface area contributed by atoms with Crippen LogP contribution >= 0.6 is 15.6 Å². The van der Waals surface area contributed by atoms with Crippen molar-refractivity contribution in [3.63, 3.8) is 0 Å². The molecule has 0 aromatic rings. The molecule has 0 saturated carbocycles. The minimum absolute atomic E-state index is 0.275. The largest absolute Gasteiger partial charge is 0.756 e. The standard InChI is InChI=1S/C10H20O13P2/c11-5-1-19-2-6(12)9(5)23-25(17,18)21-8-4-20-3-7(13)10(8)22-24(14,15)16/h5-13H,1-4H2,(H,17,18)(H2,14,15,16)/p-2/t5-,6-,7-,8-,10-/m0/s1. The molecule has 2 saturated heterocycles. The molecule has 2 rings (SSSR count). The minimum Gasteiger partial charge on any atom is -0.756 e. The highest BCUT2D eigenvalue weighted by molar-refractivity contribution is 7.46. The van der Waals surface area contributed by atoms with Crippen LogP contribution in [-0.4, -0.2) is 83.3 Å². The van der Waals surface area contributed by atoms with Gasteiger partial charge in [-0.15, -0.1) is 0 Å². The van der Waals surface area contributed by atoms with Crippen LogP contribution in [0.25, 0.3) is 0 Å². The first-order chi connectivity index (χ1) is 11.5. The molecule has 15 heteroatoms. The average Bonchev–Trinajstić information content (AvgIpc) is 2.45. The highest BCUT2D eigenvalue weighted by Gasteiger charge is 2.41. The Balaban J connectivity index is 2.06. The smallest absolute Gasteiger partial charge is 0.268 e. The summed E-state index contributed by atoms with van der Waals surface area (Å²) < 4.78 is 46.0. The monoisotopic (exact) mass is 408 g/mol. The molecule has 0 aromatic heterocycles. The Labute approximate surface area is 141 Å². The Morgan fingerprint density at radius 2 is 1.28 bits per heavy atom. The molecule has 4 N–H and O–H groups in total. The summed E-state index contributed by atoms with van der Waals surface area (Å²) in [7, 11) is -10.5. The molecule has 2 fully saturated rings. The van der Waals surface area contributed by atoms with Gasteiger partial charge in [-0.2, -0.15) is 0 Å². The first-order valence-corrected chi connectivity index (χ1v) is 10.0. The lowest BCUT2D eigenvalue weighted by atomic mass is 10.1. The molecule has 2 unspecified atom stereocenters. The van der Waals surface area contributed by atoms with E-state index in [9.17, 15) is 34.2 Å². The first kappa shape index (κ1) is 21.3. The van der Waals surface area contributed by atoms with Crippen molar-refractivity contribution in [2.45, 2.75) is 36.6 Å². The third-order valence-corrected chi connectivity index (χ3v) is 4.96. The lowest BCUT2D eigenvalue weighted by Crippen LogP contribution is -2.52. The Kier molecular flexibility index (Phi) is 7.13. The summed E-state index contributed by atoms with van der Waals surface area (Å²) in [6.45, 7) is -1.42. The molecule has 0 aliphatic carbocycles. The van der Waals surface area contributed by atoms with Crippen molar-refractivity contribution >= 4 is 15.6 Å². The topological polar surface area (TPSA) is 207 Å². The number of rotatable bonds is 6. The van der Waals surface area contributed by atoms with Gasteiger partial charge in [-0.3, -0.25) is 9.13 Å². The van der Waals surface area contributed by atoms with Gasteiger partial charge < -0.3 is 53.0 Å². The van der Waals surface area contributed by atoms with E-state index in [1.54, 1.807) is 0 Å². The molecule has 2 heterocycles. The summed E-state index contributed by atoms with van der Waals surface area (Å²) in [5, 5.41) is 28.9. The van der Waals surface area contributed by atoms with Crippen LogP contribution < -0.4 is 9.79 Å². The van der Waals surface area contributed by atoms with Gasteiger partial charge in [-0.05, 0) is 0 Å². The van der Waals surface area contributed by atoms with Crippen LogP contribution in [0.15, 0.2) is 0 Å². The summed E-state index contributed by atoms with van der Waals surface area (Å²) in [5.41, 5.74) is 0. The highest BCUT2D eigenvalue weighted by atomic mass is 31.2. The summed E-state index contributed by atoms with van der Waals surface area (Å²) >= 11 is 0. The van der Waals surface area contributed by atoms with Crippen molar-refractivity contribution in [1.29, 1.82) is 0 Å². The maximum absolute atomic E-state index is 12.0. The summed E-state index contributed by atoms with van der Waals surface area (Å²) in [6, 6.07) is 0. The van der Waals surface area contributed by atoms with E-state index in [1.807, 2.05) is 0 Å². The zero-order valence-electron chi connectivity index (χ0n) is 12.7. The van der Waals surface area contributed by atoms with Gasteiger partial charge >= 0.3 is 0 Å². The van der Waals surface area contributed by atoms with Crippen LogP contribution in [0.4, 0.5) is 0 Å². The van der Waals surface area contributed by atoms with E-state index in [2.05, 4.69) is 13.6 Å². The normalized spacial score (nSPS) is 39.5. The fourth-order valence-corrected chi connectivity index (χ4v) is 4.09. The van der Waals surface area contributed by atoms with Crippen LogP contribution in [0.1, 0.15) is 0 Å². The molecule has 0 amide bonds. The maximum atomic E-state index is 12.0. The van der Waals surface area contributed by atoms with E-state index in [1.165, 1.54) is 0 Å². The Morgan fingerprint density at radius 1 is 0.800 bits per heavy atom. The van der Waals surface area contributed by atoms with Crippen LogP contribution in [0.5, 0.6) is 0 Å². The quantitative estimate of drug-likeness (QED) is 0.311. The van der Waals surface area contributed by atoms with Gasteiger partial charge in [-0.1, -0.05) is 0 Å². The second kappa shape index (κ2) is 8.36. The average molecular weight is 408 g/mol. The molecular weight excluding hydrogens is 390 g/mol. The number of ether oxygens (including phenoxy) is 2. The van der Waals surface area contributed by atoms with E-state index in [-0.39, 0.29) is 19.8 Å².